The van der Waals surface area contributed by atoms with Crippen molar-refractivity contribution in [3.63, 3.8) is 0 Å². The van der Waals surface area contributed by atoms with Crippen molar-refractivity contribution in [3.8, 4) is 11.1 Å². The Morgan fingerprint density at radius 3 is 2.64 bits per heavy atom. The average molecular weight is 503 g/mol. The number of rotatable bonds is 10. The largest absolute Gasteiger partial charge is 0.443 e. The minimum atomic E-state index is -1.02. The van der Waals surface area contributed by atoms with E-state index in [4.69, 9.17) is 21.0 Å². The van der Waals surface area contributed by atoms with Crippen LogP contribution in [0.1, 0.15) is 12.5 Å². The van der Waals surface area contributed by atoms with Gasteiger partial charge in [-0.05, 0) is 0 Å². The maximum atomic E-state index is 14.9. The number of oxime groups is 1. The monoisotopic (exact) mass is 502 g/mol. The summed E-state index contributed by atoms with van der Waals surface area (Å²) >= 11 is 0. The number of nitrogens with zero attached hydrogens (tertiary/aromatic N) is 5. The number of ether oxygens (including phenoxy) is 1. The number of aromatic nitrogens is 2. The van der Waals surface area contributed by atoms with Crippen molar-refractivity contribution in [2.45, 2.75) is 13.5 Å². The van der Waals surface area contributed by atoms with E-state index >= 15 is 0 Å². The molecule has 0 spiro atoms. The van der Waals surface area contributed by atoms with E-state index in [1.165, 1.54) is 25.4 Å². The number of halogens is 1. The number of benzene rings is 1. The van der Waals surface area contributed by atoms with E-state index in [-0.39, 0.29) is 42.8 Å². The fourth-order valence-electron chi connectivity index (χ4n) is 3.11. The molecule has 1 atom stereocenters. The highest BCUT2D eigenvalue weighted by molar-refractivity contribution is 5.98. The minimum absolute atomic E-state index is 0.135. The first kappa shape index (κ1) is 26.3. The summed E-state index contributed by atoms with van der Waals surface area (Å²) in [5.74, 6) is -1.02. The van der Waals surface area contributed by atoms with Crippen LogP contribution in [0.15, 0.2) is 40.7 Å². The number of guanidine groups is 1. The lowest BCUT2D eigenvalue weighted by molar-refractivity contribution is -0.119. The molecule has 1 unspecified atom stereocenters. The normalized spacial score (nSPS) is 13.3. The predicted octanol–water partition coefficient (Wildman–Crippen LogP) is 0.130. The highest BCUT2D eigenvalue weighted by Gasteiger charge is 2.25. The zero-order valence-electron chi connectivity index (χ0n) is 19.6. The van der Waals surface area contributed by atoms with Gasteiger partial charge in [0.25, 0.3) is 0 Å². The van der Waals surface area contributed by atoms with Crippen molar-refractivity contribution < 1.29 is 28.7 Å². The van der Waals surface area contributed by atoms with Gasteiger partial charge in [0.15, 0.2) is 5.96 Å². The molecule has 2 aromatic rings. The topological polar surface area (TPSA) is 191 Å². The molecule has 3 rings (SSSR count). The first-order valence-electron chi connectivity index (χ1n) is 10.9. The molecule has 0 radical (unpaired) electrons. The van der Waals surface area contributed by atoms with Gasteiger partial charge in [0, 0.05) is 48.5 Å². The summed E-state index contributed by atoms with van der Waals surface area (Å²) in [6.07, 6.45) is 1.97. The van der Waals surface area contributed by atoms with E-state index in [1.54, 1.807) is 12.1 Å². The molecule has 1 aromatic carbocycles. The standard InChI is InChI=1S/C22H27FN8O5/c1-13(33)26-5-14(10-32)11-36-30-17-8-31(9-17)21-27-6-16(7-28-21)18-4-2-3-15(19(18)23)12-35-22(34)29-20(24)25/h2-4,6-7,14,32H,5,8-12H2,1H3,(H,26,33)(H4,24,25,29,34). The first-order chi connectivity index (χ1) is 17.3. The van der Waals surface area contributed by atoms with Gasteiger partial charge in [-0.3, -0.25) is 4.79 Å². The Morgan fingerprint density at radius 1 is 1.28 bits per heavy atom. The quantitative estimate of drug-likeness (QED) is 0.197. The van der Waals surface area contributed by atoms with Gasteiger partial charge in [0.2, 0.25) is 11.9 Å². The second-order valence-electron chi connectivity index (χ2n) is 7.94. The second-order valence-corrected chi connectivity index (χ2v) is 7.94. The number of nitrogens with two attached hydrogens (primary N) is 2. The van der Waals surface area contributed by atoms with Crippen molar-refractivity contribution in [1.29, 1.82) is 0 Å². The van der Waals surface area contributed by atoms with Crippen LogP contribution in [0.2, 0.25) is 0 Å². The number of aliphatic imine (C=N–C) groups is 1. The van der Waals surface area contributed by atoms with Crippen molar-refractivity contribution >= 4 is 29.6 Å². The summed E-state index contributed by atoms with van der Waals surface area (Å²) in [6.45, 7) is 2.30. The van der Waals surface area contributed by atoms with Crippen molar-refractivity contribution in [1.82, 2.24) is 15.3 Å². The van der Waals surface area contributed by atoms with Crippen LogP contribution >= 0.6 is 0 Å². The molecule has 0 saturated carbocycles. The molecule has 1 fully saturated rings. The molecule has 192 valence electrons. The zero-order valence-corrected chi connectivity index (χ0v) is 19.6. The van der Waals surface area contributed by atoms with Gasteiger partial charge in [0.1, 0.15) is 19.0 Å². The summed E-state index contributed by atoms with van der Waals surface area (Å²) in [6, 6.07) is 4.65. The maximum Gasteiger partial charge on any atom is 0.437 e. The van der Waals surface area contributed by atoms with Gasteiger partial charge in [-0.2, -0.15) is 0 Å². The van der Waals surface area contributed by atoms with E-state index in [2.05, 4.69) is 25.4 Å². The third-order valence-corrected chi connectivity index (χ3v) is 5.03. The molecular formula is C22H27FN8O5. The fourth-order valence-corrected chi connectivity index (χ4v) is 3.11. The highest BCUT2D eigenvalue weighted by atomic mass is 19.1. The number of anilines is 1. The highest BCUT2D eigenvalue weighted by Crippen LogP contribution is 2.26. The maximum absolute atomic E-state index is 14.9. The number of hydrogen-bond acceptors (Lipinski definition) is 9. The third kappa shape index (κ3) is 7.33. The van der Waals surface area contributed by atoms with Gasteiger partial charge < -0.3 is 36.4 Å². The van der Waals surface area contributed by atoms with Gasteiger partial charge in [-0.1, -0.05) is 23.4 Å². The lowest BCUT2D eigenvalue weighted by Gasteiger charge is -2.32. The molecule has 0 bridgehead atoms. The Kier molecular flexibility index (Phi) is 9.05. The van der Waals surface area contributed by atoms with E-state index in [0.29, 0.717) is 31.1 Å². The van der Waals surface area contributed by atoms with Crippen LogP contribution in [0.5, 0.6) is 0 Å². The molecule has 1 aliphatic heterocycles. The minimum Gasteiger partial charge on any atom is -0.443 e. The second kappa shape index (κ2) is 12.4. The van der Waals surface area contributed by atoms with E-state index in [9.17, 15) is 19.1 Å². The smallest absolute Gasteiger partial charge is 0.437 e. The lowest BCUT2D eigenvalue weighted by Crippen LogP contribution is -2.48. The molecule has 13 nitrogen and oxygen atoms in total. The number of nitrogens with one attached hydrogen (secondary N) is 1. The van der Waals surface area contributed by atoms with Crippen LogP contribution < -0.4 is 21.7 Å². The first-order valence-corrected chi connectivity index (χ1v) is 10.9. The number of amides is 2. The molecule has 36 heavy (non-hydrogen) atoms. The fraction of sp³-hybridized carbons (Fsp3) is 0.364. The van der Waals surface area contributed by atoms with E-state index in [1.807, 2.05) is 4.90 Å². The van der Waals surface area contributed by atoms with Crippen LogP contribution in [0.3, 0.4) is 0 Å². The molecule has 1 aliphatic rings. The average Bonchev–Trinajstić information content (AvgIpc) is 2.81. The molecule has 6 N–H and O–H groups in total. The molecule has 0 aliphatic carbocycles. The Balaban J connectivity index is 1.53. The van der Waals surface area contributed by atoms with E-state index in [0.717, 1.165) is 5.71 Å². The van der Waals surface area contributed by atoms with Gasteiger partial charge >= 0.3 is 6.09 Å². The number of carbonyl (C=O) groups is 2. The molecule has 2 amide bonds. The SMILES string of the molecule is CC(=O)NCC(CO)CON=C1CN(c2ncc(-c3cccc(COC(=O)N=C(N)N)c3F)cn2)C1. The summed E-state index contributed by atoms with van der Waals surface area (Å²) in [5.41, 5.74) is 11.8. The summed E-state index contributed by atoms with van der Waals surface area (Å²) in [4.78, 5) is 41.3. The van der Waals surface area contributed by atoms with E-state index < -0.39 is 17.9 Å². The van der Waals surface area contributed by atoms with Crippen molar-refractivity contribution in [2.24, 2.45) is 27.5 Å². The molecule has 14 heteroatoms. The van der Waals surface area contributed by atoms with Crippen LogP contribution in [-0.4, -0.2) is 71.6 Å². The predicted molar refractivity (Wildman–Crippen MR) is 128 cm³/mol. The number of aliphatic hydroxyl groups excluding tert-OH is 1. The molecule has 1 saturated heterocycles. The van der Waals surface area contributed by atoms with Crippen LogP contribution in [0.4, 0.5) is 15.1 Å². The molecular weight excluding hydrogens is 475 g/mol. The molecule has 2 heterocycles. The summed E-state index contributed by atoms with van der Waals surface area (Å²) < 4.78 is 19.8. The van der Waals surface area contributed by atoms with Gasteiger partial charge in [-0.25, -0.2) is 19.2 Å². The van der Waals surface area contributed by atoms with Crippen molar-refractivity contribution in [3.05, 3.63) is 42.0 Å². The van der Waals surface area contributed by atoms with Gasteiger partial charge in [-0.15, -0.1) is 4.99 Å². The number of aliphatic hydroxyl groups is 1. The number of carbonyl (C=O) groups excluding carboxylic acids is 2. The zero-order chi connectivity index (χ0) is 26.1. The van der Waals surface area contributed by atoms with Crippen molar-refractivity contribution in [2.75, 3.05) is 37.7 Å². The van der Waals surface area contributed by atoms with Crippen LogP contribution in [-0.2, 0) is 21.0 Å². The Morgan fingerprint density at radius 2 is 2.00 bits per heavy atom. The number of hydrogen-bond donors (Lipinski definition) is 4. The Bertz CT molecular complexity index is 1130. The summed E-state index contributed by atoms with van der Waals surface area (Å²) in [5, 5.41) is 16.0. The Hall–Kier alpha value is -4.33. The third-order valence-electron chi connectivity index (χ3n) is 5.03. The van der Waals surface area contributed by atoms with Crippen LogP contribution in [0.25, 0.3) is 11.1 Å². The lowest BCUT2D eigenvalue weighted by atomic mass is 10.1. The molecule has 1 aromatic heterocycles. The van der Waals surface area contributed by atoms with Gasteiger partial charge in [0.05, 0.1) is 25.4 Å². The summed E-state index contributed by atoms with van der Waals surface area (Å²) in [7, 11) is 0. The Labute approximate surface area is 206 Å². The van der Waals surface area contributed by atoms with Crippen LogP contribution in [0, 0.1) is 11.7 Å².